The highest BCUT2D eigenvalue weighted by molar-refractivity contribution is 5.99. The number of nitrogens with one attached hydrogen (secondary N) is 10. The highest BCUT2D eigenvalue weighted by Crippen LogP contribution is 2.20. The third kappa shape index (κ3) is 40.4. The van der Waals surface area contributed by atoms with Gasteiger partial charge in [0.2, 0.25) is 70.9 Å². The number of aliphatic hydroxyl groups is 1. The molecule has 0 aromatic carbocycles. The van der Waals surface area contributed by atoms with E-state index in [1.54, 1.807) is 0 Å². The topological polar surface area (TPSA) is 812 Å². The Bertz CT molecular complexity index is 3050. The van der Waals surface area contributed by atoms with Crippen LogP contribution in [0.2, 0.25) is 0 Å². The molecule has 1 rings (SSSR count). The van der Waals surface area contributed by atoms with E-state index in [1.807, 2.05) is 0 Å². The Hall–Kier alpha value is -10.7. The predicted octanol–water partition coefficient (Wildman–Crippen LogP) is -11.5. The van der Waals surface area contributed by atoms with Gasteiger partial charge in [-0.15, -0.1) is 0 Å². The molecule has 0 saturated carbocycles. The van der Waals surface area contributed by atoms with Crippen LogP contribution in [-0.4, -0.2) is 253 Å². The summed E-state index contributed by atoms with van der Waals surface area (Å²) in [5, 5.41) is 45.1. The monoisotopic (exact) mass is 1520 g/mol. The molecule has 1 fully saturated rings. The second kappa shape index (κ2) is 52.3. The van der Waals surface area contributed by atoms with E-state index in [-0.39, 0.29) is 185 Å². The molecule has 107 heavy (non-hydrogen) atoms. The number of hydrogen-bond donors (Lipinski definition) is 26. The van der Waals surface area contributed by atoms with Crippen LogP contribution >= 0.6 is 0 Å². The summed E-state index contributed by atoms with van der Waals surface area (Å²) >= 11 is 0. The van der Waals surface area contributed by atoms with Gasteiger partial charge in [0.25, 0.3) is 0 Å². The number of unbranched alkanes of at least 4 members (excludes halogenated alkanes) is 2. The van der Waals surface area contributed by atoms with Gasteiger partial charge in [-0.2, -0.15) is 0 Å². The molecule has 0 radical (unpaired) electrons. The predicted molar refractivity (Wildman–Crippen MR) is 396 cm³/mol. The van der Waals surface area contributed by atoms with Crippen LogP contribution in [0.4, 0.5) is 0 Å². The van der Waals surface area contributed by atoms with Gasteiger partial charge in [0.1, 0.15) is 66.5 Å². The van der Waals surface area contributed by atoms with Crippen LogP contribution in [-0.2, 0) is 62.3 Å². The average Bonchev–Trinajstić information content (AvgIpc) is 1.74. The molecule has 1 saturated heterocycles. The number of aliphatic imine (C=N–C) groups is 5. The summed E-state index contributed by atoms with van der Waals surface area (Å²) in [6, 6.07) is -15.7. The number of rotatable bonds is 55. The molecule has 45 nitrogen and oxygen atoms in total. The van der Waals surface area contributed by atoms with Crippen LogP contribution in [0, 0.1) is 0 Å². The number of hydrogen-bond acceptors (Lipinski definition) is 22. The number of nitrogens with two attached hydrogens (primary N) is 14. The number of likely N-dealkylation sites (tertiary alicyclic amines) is 1. The van der Waals surface area contributed by atoms with Crippen LogP contribution in [0.1, 0.15) is 149 Å². The van der Waals surface area contributed by atoms with Crippen molar-refractivity contribution in [3.8, 4) is 0 Å². The molecule has 0 unspecified atom stereocenters. The molecule has 40 N–H and O–H groups in total. The van der Waals surface area contributed by atoms with Crippen LogP contribution in [0.3, 0.4) is 0 Å². The summed E-state index contributed by atoms with van der Waals surface area (Å²) in [4.78, 5) is 200. The van der Waals surface area contributed by atoms with Gasteiger partial charge in [-0.1, -0.05) is 0 Å². The largest absolute Gasteiger partial charge is 0.481 e. The van der Waals surface area contributed by atoms with Gasteiger partial charge in [0.05, 0.1) is 12.5 Å². The van der Waals surface area contributed by atoms with Gasteiger partial charge in [-0.3, -0.25) is 87.3 Å². The van der Waals surface area contributed by atoms with E-state index in [2.05, 4.69) is 78.1 Å². The Labute approximate surface area is 620 Å². The number of carboxylic acid groups (broad SMARTS) is 1. The third-order valence-corrected chi connectivity index (χ3v) is 16.4. The number of aliphatic hydroxyl groups excluding tert-OH is 1. The first-order valence-electron chi connectivity index (χ1n) is 35.5. The van der Waals surface area contributed by atoms with Crippen LogP contribution in [0.5, 0.6) is 0 Å². The highest BCUT2D eigenvalue weighted by Gasteiger charge is 2.40. The number of carbonyl (C=O) groups excluding carboxylic acids is 12. The summed E-state index contributed by atoms with van der Waals surface area (Å²) in [6.45, 7) is 2.57. The number of guanidine groups is 5. The minimum atomic E-state index is -1.56. The maximum absolute atomic E-state index is 14.8. The quantitative estimate of drug-likeness (QED) is 0.0153. The lowest BCUT2D eigenvalue weighted by molar-refractivity contribution is -0.142. The van der Waals surface area contributed by atoms with Crippen molar-refractivity contribution < 1.29 is 72.5 Å². The van der Waals surface area contributed by atoms with Crippen molar-refractivity contribution in [3.05, 3.63) is 0 Å². The van der Waals surface area contributed by atoms with Gasteiger partial charge in [0, 0.05) is 52.2 Å². The molecule has 0 aromatic rings. The lowest BCUT2D eigenvalue weighted by Gasteiger charge is -2.29. The van der Waals surface area contributed by atoms with E-state index < -0.39 is 162 Å². The number of primary amides is 1. The molecule has 1 aliphatic heterocycles. The second-order valence-corrected chi connectivity index (χ2v) is 25.4. The van der Waals surface area contributed by atoms with Crippen molar-refractivity contribution in [2.75, 3.05) is 58.9 Å². The molecule has 606 valence electrons. The maximum atomic E-state index is 14.8. The Morgan fingerprint density at radius 2 is 0.701 bits per heavy atom. The maximum Gasteiger partial charge on any atom is 0.305 e. The summed E-state index contributed by atoms with van der Waals surface area (Å²) in [6.07, 6.45) is -1.25. The van der Waals surface area contributed by atoms with Crippen molar-refractivity contribution in [1.29, 1.82) is 0 Å². The van der Waals surface area contributed by atoms with E-state index >= 15 is 0 Å². The first-order chi connectivity index (χ1) is 50.5. The minimum absolute atomic E-state index is 0.00735. The van der Waals surface area contributed by atoms with Crippen molar-refractivity contribution in [3.63, 3.8) is 0 Å². The van der Waals surface area contributed by atoms with E-state index in [9.17, 15) is 72.5 Å². The van der Waals surface area contributed by atoms with Crippen LogP contribution in [0.15, 0.2) is 25.0 Å². The Kier molecular flexibility index (Phi) is 46.1. The average molecular weight is 1520 g/mol. The minimum Gasteiger partial charge on any atom is -0.481 e. The Morgan fingerprint density at radius 3 is 1.00 bits per heavy atom. The Morgan fingerprint density at radius 1 is 0.402 bits per heavy atom. The highest BCUT2D eigenvalue weighted by atomic mass is 16.4. The van der Waals surface area contributed by atoms with Gasteiger partial charge >= 0.3 is 5.97 Å². The van der Waals surface area contributed by atoms with E-state index in [0.717, 1.165) is 0 Å². The van der Waals surface area contributed by atoms with Crippen molar-refractivity contribution >= 4 is 107 Å². The summed E-state index contributed by atoms with van der Waals surface area (Å²) in [5.41, 5.74) is 78.5. The lowest BCUT2D eigenvalue weighted by Crippen LogP contribution is -2.60. The molecule has 0 bridgehead atoms. The molecule has 1 aliphatic rings. The zero-order valence-electron chi connectivity index (χ0n) is 61.1. The number of carboxylic acids is 1. The van der Waals surface area contributed by atoms with Gasteiger partial charge in [-0.25, -0.2) is 0 Å². The first-order valence-corrected chi connectivity index (χ1v) is 35.5. The molecule has 12 amide bonds. The van der Waals surface area contributed by atoms with Gasteiger partial charge in [0.15, 0.2) is 29.8 Å². The van der Waals surface area contributed by atoms with Gasteiger partial charge in [-0.05, 0) is 149 Å². The summed E-state index contributed by atoms with van der Waals surface area (Å²) in [5.74, 6) is -13.3. The third-order valence-electron chi connectivity index (χ3n) is 16.4. The van der Waals surface area contributed by atoms with Crippen LogP contribution in [0.25, 0.3) is 0 Å². The summed E-state index contributed by atoms with van der Waals surface area (Å²) < 4.78 is 0. The molecule has 0 spiro atoms. The second-order valence-electron chi connectivity index (χ2n) is 25.4. The smallest absolute Gasteiger partial charge is 0.305 e. The molecule has 1 heterocycles. The number of carbonyl (C=O) groups is 13. The van der Waals surface area contributed by atoms with E-state index in [0.29, 0.717) is 25.7 Å². The fourth-order valence-electron chi connectivity index (χ4n) is 10.6. The number of amides is 12. The van der Waals surface area contributed by atoms with Gasteiger partial charge < -0.3 is 149 Å². The molecule has 45 heteroatoms. The standard InChI is InChI=1S/C62H118N30O15/c1-33(83-49(99)38(16-8-27-79-59(69)70)88-55(105)42(21-22-44(65)94)91-56(106)43-20-12-32-92(43)57(107)46(66)34(2)93)47(97)84-39(17-9-28-80-60(71)72)52(102)89-41(19-11-30-82-62(75)76)54(104)90-40(18-10-29-81-61(73)74)53(103)87-37(14-4-6-25-64)51(101)86-36(13-3-5-24-63)50(100)85-35(15-7-26-78-58(67)68)48(98)77-31-23-45(95)96/h33-43,46,93H,3-32,63-64,66H2,1-2H3,(H2,65,94)(H,77,98)(H,83,99)(H,84,97)(H,85,100)(H,86,101)(H,87,103)(H,88,105)(H,89,102)(H,90,104)(H,91,106)(H,95,96)(H4,67,68,78)(H4,69,70,79)(H4,71,72,80)(H4,73,74,81)(H4,75,76,82)/t33-,34+,35-,36-,37-,38-,39-,40-,41-,42-,43-,46-/m0/s1. The molecular weight excluding hydrogens is 1400 g/mol. The van der Waals surface area contributed by atoms with Crippen molar-refractivity contribution in [2.45, 2.75) is 221 Å². The van der Waals surface area contributed by atoms with Crippen molar-refractivity contribution in [1.82, 2.24) is 58.1 Å². The van der Waals surface area contributed by atoms with E-state index in [1.165, 1.54) is 18.7 Å². The fraction of sp³-hybridized carbons (Fsp3) is 0.710. The number of nitrogens with zero attached hydrogens (tertiary/aromatic N) is 6. The zero-order valence-corrected chi connectivity index (χ0v) is 61.1. The SMILES string of the molecule is C[C@H](NC(=O)[C@H](CCCN=C(N)N)NC(=O)[C@H](CCC(N)=O)NC(=O)[C@@H]1CCCN1C(=O)[C@@H](N)[C@@H](C)O)C(=O)N[C@@H](CCCN=C(N)N)C(=O)N[C@@H](CCCN=C(N)N)C(=O)N[C@@H](CCCN=C(N)N)C(=O)N[C@@H](CCCCN)C(=O)N[C@@H](CCCCN)C(=O)N[C@@H](CCCN=C(N)N)C(=O)NCCC(=O)O. The molecule has 12 atom stereocenters. The Balaban J connectivity index is 3.84. The molecule has 0 aliphatic carbocycles. The van der Waals surface area contributed by atoms with Crippen LogP contribution < -0.4 is 133 Å². The first kappa shape index (κ1) is 94.3. The molecule has 0 aromatic heterocycles. The summed E-state index contributed by atoms with van der Waals surface area (Å²) in [7, 11) is 0. The fourth-order valence-corrected chi connectivity index (χ4v) is 10.6. The molecular formula is C62H118N30O15. The van der Waals surface area contributed by atoms with Crippen molar-refractivity contribution in [2.24, 2.45) is 105 Å². The normalized spacial score (nSPS) is 15.4. The number of aliphatic carboxylic acids is 1. The van der Waals surface area contributed by atoms with E-state index in [4.69, 9.17) is 80.3 Å². The lowest BCUT2D eigenvalue weighted by atomic mass is 10.0. The zero-order chi connectivity index (χ0) is 80.7.